The smallest absolute Gasteiger partial charge is 0.348 e. The fourth-order valence-corrected chi connectivity index (χ4v) is 3.26. The van der Waals surface area contributed by atoms with Gasteiger partial charge < -0.3 is 14.6 Å². The van der Waals surface area contributed by atoms with Crippen LogP contribution >= 0.6 is 0 Å². The van der Waals surface area contributed by atoms with Crippen LogP contribution in [0.5, 0.6) is 6.01 Å². The minimum absolute atomic E-state index is 0.0181. The fraction of sp³-hybridized carbons (Fsp3) is 0.261. The molecule has 0 aliphatic heterocycles. The average molecular weight is 394 g/mol. The highest BCUT2D eigenvalue weighted by Gasteiger charge is 2.50. The third-order valence-electron chi connectivity index (χ3n) is 4.45. The molecule has 6 heteroatoms. The van der Waals surface area contributed by atoms with Crippen LogP contribution in [0.1, 0.15) is 23.9 Å². The summed E-state index contributed by atoms with van der Waals surface area (Å²) in [5.74, 6) is -1.20. The first-order valence-corrected chi connectivity index (χ1v) is 9.17. The van der Waals surface area contributed by atoms with Crippen LogP contribution in [-0.2, 0) is 15.1 Å². The number of methoxy groups -OCH3 is 1. The van der Waals surface area contributed by atoms with E-state index in [0.717, 1.165) is 0 Å². The van der Waals surface area contributed by atoms with Crippen LogP contribution in [0.3, 0.4) is 0 Å². The van der Waals surface area contributed by atoms with Crippen molar-refractivity contribution in [2.45, 2.75) is 32.5 Å². The van der Waals surface area contributed by atoms with Crippen LogP contribution in [0, 0.1) is 13.8 Å². The highest BCUT2D eigenvalue weighted by atomic mass is 16.6. The van der Waals surface area contributed by atoms with Crippen LogP contribution in [0.15, 0.2) is 72.9 Å². The molecule has 0 saturated heterocycles. The molecule has 0 saturated carbocycles. The molecule has 2 atom stereocenters. The Balaban J connectivity index is 2.72. The van der Waals surface area contributed by atoms with E-state index in [4.69, 9.17) is 9.47 Å². The standard InChI is InChI=1S/C23H26N2O4/c1-6-8-12-18(7-2)23(28-5,19-13-10-9-11-14-19)20(21(26)27)29-22-24-16(3)15-17(4)25-22/h6-15,20H,1H2,2-5H3,(H,26,27)/b12-8-,18-7+. The minimum Gasteiger partial charge on any atom is -0.478 e. The molecule has 152 valence electrons. The number of benzene rings is 1. The molecule has 2 unspecified atom stereocenters. The molecule has 29 heavy (non-hydrogen) atoms. The topological polar surface area (TPSA) is 81.5 Å². The first-order valence-electron chi connectivity index (χ1n) is 9.17. The van der Waals surface area contributed by atoms with Crippen molar-refractivity contribution in [3.05, 3.63) is 89.8 Å². The largest absolute Gasteiger partial charge is 0.478 e. The third-order valence-corrected chi connectivity index (χ3v) is 4.45. The van der Waals surface area contributed by atoms with Crippen molar-refractivity contribution in [1.29, 1.82) is 0 Å². The van der Waals surface area contributed by atoms with Crippen molar-refractivity contribution in [2.75, 3.05) is 7.11 Å². The van der Waals surface area contributed by atoms with Crippen molar-refractivity contribution >= 4 is 5.97 Å². The maximum atomic E-state index is 12.4. The van der Waals surface area contributed by atoms with E-state index in [2.05, 4.69) is 16.5 Å². The predicted octanol–water partition coefficient (Wildman–Crippen LogP) is 4.16. The lowest BCUT2D eigenvalue weighted by Crippen LogP contribution is -2.51. The lowest BCUT2D eigenvalue weighted by atomic mass is 9.80. The number of aryl methyl sites for hydroxylation is 2. The zero-order valence-corrected chi connectivity index (χ0v) is 17.1. The highest BCUT2D eigenvalue weighted by Crippen LogP contribution is 2.39. The Morgan fingerprint density at radius 2 is 1.83 bits per heavy atom. The van der Waals surface area contributed by atoms with E-state index in [1.165, 1.54) is 7.11 Å². The van der Waals surface area contributed by atoms with E-state index >= 15 is 0 Å². The number of aromatic nitrogens is 2. The molecule has 1 heterocycles. The van der Waals surface area contributed by atoms with Crippen molar-refractivity contribution in [3.63, 3.8) is 0 Å². The highest BCUT2D eigenvalue weighted by molar-refractivity contribution is 5.76. The summed E-state index contributed by atoms with van der Waals surface area (Å²) in [4.78, 5) is 20.9. The molecular weight excluding hydrogens is 368 g/mol. The SMILES string of the molecule is C=C/C=C\C(=C/C)C(OC)(c1ccccc1)C(Oc1nc(C)cc(C)n1)C(=O)O. The van der Waals surface area contributed by atoms with Crippen LogP contribution in [0.4, 0.5) is 0 Å². The molecule has 1 aromatic carbocycles. The van der Waals surface area contributed by atoms with Gasteiger partial charge in [-0.05, 0) is 38.0 Å². The Morgan fingerprint density at radius 3 is 2.31 bits per heavy atom. The molecule has 2 rings (SSSR count). The van der Waals surface area contributed by atoms with E-state index in [1.807, 2.05) is 25.1 Å². The van der Waals surface area contributed by atoms with Crippen molar-refractivity contribution < 1.29 is 19.4 Å². The van der Waals surface area contributed by atoms with Crippen LogP contribution in [0.2, 0.25) is 0 Å². The Bertz CT molecular complexity index is 901. The van der Waals surface area contributed by atoms with Crippen LogP contribution in [0.25, 0.3) is 0 Å². The molecule has 0 amide bonds. The van der Waals surface area contributed by atoms with Gasteiger partial charge >= 0.3 is 12.0 Å². The van der Waals surface area contributed by atoms with Gasteiger partial charge in [-0.25, -0.2) is 14.8 Å². The van der Waals surface area contributed by atoms with E-state index in [9.17, 15) is 9.90 Å². The predicted molar refractivity (Wildman–Crippen MR) is 112 cm³/mol. The van der Waals surface area contributed by atoms with Gasteiger partial charge in [0.1, 0.15) is 0 Å². The van der Waals surface area contributed by atoms with Crippen molar-refractivity contribution in [1.82, 2.24) is 9.97 Å². The van der Waals surface area contributed by atoms with Gasteiger partial charge in [-0.3, -0.25) is 0 Å². The Morgan fingerprint density at radius 1 is 1.21 bits per heavy atom. The monoisotopic (exact) mass is 394 g/mol. The fourth-order valence-electron chi connectivity index (χ4n) is 3.26. The van der Waals surface area contributed by atoms with Crippen LogP contribution in [-0.4, -0.2) is 34.3 Å². The molecular formula is C23H26N2O4. The summed E-state index contributed by atoms with van der Waals surface area (Å²) < 4.78 is 11.8. The summed E-state index contributed by atoms with van der Waals surface area (Å²) in [5, 5.41) is 10.1. The van der Waals surface area contributed by atoms with E-state index < -0.39 is 17.7 Å². The number of allylic oxidation sites excluding steroid dienone is 3. The van der Waals surface area contributed by atoms with Gasteiger partial charge in [0, 0.05) is 18.5 Å². The molecule has 0 bridgehead atoms. The van der Waals surface area contributed by atoms with E-state index in [0.29, 0.717) is 22.5 Å². The first kappa shape index (κ1) is 22.0. The normalized spacial score (nSPS) is 15.0. The third kappa shape index (κ3) is 4.78. The summed E-state index contributed by atoms with van der Waals surface area (Å²) >= 11 is 0. The number of carboxylic acid groups (broad SMARTS) is 1. The molecule has 2 aromatic rings. The maximum Gasteiger partial charge on any atom is 0.348 e. The number of hydrogen-bond acceptors (Lipinski definition) is 5. The van der Waals surface area contributed by atoms with Gasteiger partial charge in [0.2, 0.25) is 6.10 Å². The summed E-state index contributed by atoms with van der Waals surface area (Å²) in [7, 11) is 1.46. The number of ether oxygens (including phenoxy) is 2. The Hall–Kier alpha value is -3.25. The number of hydrogen-bond donors (Lipinski definition) is 1. The molecule has 0 aliphatic carbocycles. The number of rotatable bonds is 9. The molecule has 0 radical (unpaired) electrons. The van der Waals surface area contributed by atoms with E-state index in [-0.39, 0.29) is 6.01 Å². The van der Waals surface area contributed by atoms with Gasteiger partial charge in [0.25, 0.3) is 0 Å². The Kier molecular flexibility index (Phi) is 7.45. The number of aliphatic carboxylic acids is 1. The summed E-state index contributed by atoms with van der Waals surface area (Å²) in [6.07, 6.45) is 5.43. The summed E-state index contributed by atoms with van der Waals surface area (Å²) in [5.41, 5.74) is 1.14. The molecule has 0 fully saturated rings. The number of nitrogens with zero attached hydrogens (tertiary/aromatic N) is 2. The van der Waals surface area contributed by atoms with Gasteiger partial charge in [-0.1, -0.05) is 61.2 Å². The molecule has 1 N–H and O–H groups in total. The molecule has 6 nitrogen and oxygen atoms in total. The number of carbonyl (C=O) groups is 1. The van der Waals surface area contributed by atoms with Gasteiger partial charge in [0.05, 0.1) is 0 Å². The van der Waals surface area contributed by atoms with Gasteiger partial charge in [0.15, 0.2) is 5.60 Å². The lowest BCUT2D eigenvalue weighted by molar-refractivity contribution is -0.160. The molecule has 0 spiro atoms. The zero-order chi connectivity index (χ0) is 21.4. The van der Waals surface area contributed by atoms with Crippen molar-refractivity contribution in [3.8, 4) is 6.01 Å². The second kappa shape index (κ2) is 9.80. The summed E-state index contributed by atoms with van der Waals surface area (Å²) in [6.45, 7) is 9.09. The van der Waals surface area contributed by atoms with Crippen molar-refractivity contribution in [2.24, 2.45) is 0 Å². The van der Waals surface area contributed by atoms with Crippen LogP contribution < -0.4 is 4.74 Å². The van der Waals surface area contributed by atoms with E-state index in [1.54, 1.807) is 56.4 Å². The lowest BCUT2D eigenvalue weighted by Gasteiger charge is -2.38. The maximum absolute atomic E-state index is 12.4. The van der Waals surface area contributed by atoms with Gasteiger partial charge in [-0.2, -0.15) is 0 Å². The zero-order valence-electron chi connectivity index (χ0n) is 17.1. The average Bonchev–Trinajstić information content (AvgIpc) is 2.70. The second-order valence-corrected chi connectivity index (χ2v) is 6.41. The molecule has 0 aliphatic rings. The Labute approximate surface area is 171 Å². The summed E-state index contributed by atoms with van der Waals surface area (Å²) in [6, 6.07) is 10.9. The first-order chi connectivity index (χ1) is 13.9. The second-order valence-electron chi connectivity index (χ2n) is 6.41. The number of carboxylic acids is 1. The minimum atomic E-state index is -1.45. The van der Waals surface area contributed by atoms with Gasteiger partial charge in [-0.15, -0.1) is 0 Å². The quantitative estimate of drug-likeness (QED) is 0.643. The molecule has 1 aromatic heterocycles.